The van der Waals surface area contributed by atoms with Gasteiger partial charge in [-0.3, -0.25) is 14.1 Å². The van der Waals surface area contributed by atoms with Gasteiger partial charge < -0.3 is 20.8 Å². The van der Waals surface area contributed by atoms with Crippen molar-refractivity contribution in [2.45, 2.75) is 30.2 Å². The van der Waals surface area contributed by atoms with Gasteiger partial charge in [0.1, 0.15) is 11.3 Å². The second-order valence-electron chi connectivity index (χ2n) is 4.33. The van der Waals surface area contributed by atoms with Gasteiger partial charge in [-0.1, -0.05) is 0 Å². The van der Waals surface area contributed by atoms with E-state index < -0.39 is 51.7 Å². The number of hydrogen-bond acceptors (Lipinski definition) is 6. The van der Waals surface area contributed by atoms with Crippen LogP contribution in [0.2, 0.25) is 0 Å². The zero-order valence-corrected chi connectivity index (χ0v) is 11.0. The third-order valence-electron chi connectivity index (χ3n) is 2.82. The predicted molar refractivity (Wildman–Crippen MR) is 63.6 cm³/mol. The Morgan fingerprint density at radius 2 is 1.90 bits per heavy atom. The highest BCUT2D eigenvalue weighted by Gasteiger charge is 2.37. The van der Waals surface area contributed by atoms with Crippen molar-refractivity contribution in [2.24, 2.45) is 0 Å². The van der Waals surface area contributed by atoms with Crippen molar-refractivity contribution >= 4 is 28.0 Å². The molecule has 0 aromatic rings. The summed E-state index contributed by atoms with van der Waals surface area (Å²) in [7, 11) is -4.29. The van der Waals surface area contributed by atoms with Crippen molar-refractivity contribution in [2.75, 3.05) is 6.54 Å². The molecular weight excluding hydrogens is 296 g/mol. The Hall–Kier alpha value is -1.72. The number of carboxylic acid groups (broad SMARTS) is 2. The number of rotatable bonds is 6. The van der Waals surface area contributed by atoms with Gasteiger partial charge in [-0.2, -0.15) is 8.42 Å². The number of carboxylic acids is 2. The van der Waals surface area contributed by atoms with Crippen LogP contribution in [-0.4, -0.2) is 64.9 Å². The molecule has 1 fully saturated rings. The zero-order chi connectivity index (χ0) is 15.5. The third-order valence-corrected chi connectivity index (χ3v) is 4.02. The lowest BCUT2D eigenvalue weighted by Crippen LogP contribution is -2.49. The fourth-order valence-corrected chi connectivity index (χ4v) is 2.52. The normalized spacial score (nSPS) is 24.1. The largest absolute Gasteiger partial charge is 0.481 e. The Balaban J connectivity index is 2.63. The molecule has 10 nitrogen and oxygen atoms in total. The first-order chi connectivity index (χ1) is 9.11. The smallest absolute Gasteiger partial charge is 0.326 e. The topological polar surface area (TPSA) is 170 Å². The van der Waals surface area contributed by atoms with Crippen LogP contribution < -0.4 is 10.6 Å². The van der Waals surface area contributed by atoms with Gasteiger partial charge in [0.05, 0.1) is 12.5 Å². The molecule has 0 radical (unpaired) electrons. The number of carbonyl (C=O) groups is 3. The molecule has 0 aromatic heterocycles. The highest BCUT2D eigenvalue weighted by molar-refractivity contribution is 7.86. The summed E-state index contributed by atoms with van der Waals surface area (Å²) in [5.41, 5.74) is 0. The van der Waals surface area contributed by atoms with Gasteiger partial charge in [-0.05, 0) is 6.42 Å². The Bertz CT molecular complexity index is 516. The first kappa shape index (κ1) is 16.3. The predicted octanol–water partition coefficient (Wildman–Crippen LogP) is -2.35. The highest BCUT2D eigenvalue weighted by Crippen LogP contribution is 2.14. The van der Waals surface area contributed by atoms with Gasteiger partial charge in [0, 0.05) is 6.54 Å². The van der Waals surface area contributed by atoms with E-state index in [0.29, 0.717) is 0 Å². The number of hydrogen-bond donors (Lipinski definition) is 5. The summed E-state index contributed by atoms with van der Waals surface area (Å²) in [6.45, 7) is -0.145. The summed E-state index contributed by atoms with van der Waals surface area (Å²) in [6, 6.07) is -2.61. The fourth-order valence-electron chi connectivity index (χ4n) is 1.78. The first-order valence-corrected chi connectivity index (χ1v) is 7.06. The van der Waals surface area contributed by atoms with E-state index in [4.69, 9.17) is 14.8 Å². The van der Waals surface area contributed by atoms with E-state index in [2.05, 4.69) is 5.32 Å². The molecule has 0 spiro atoms. The van der Waals surface area contributed by atoms with Crippen LogP contribution >= 0.6 is 0 Å². The zero-order valence-electron chi connectivity index (χ0n) is 10.1. The van der Waals surface area contributed by atoms with E-state index >= 15 is 0 Å². The molecule has 11 heteroatoms. The van der Waals surface area contributed by atoms with E-state index in [0.717, 1.165) is 0 Å². The van der Waals surface area contributed by atoms with Gasteiger partial charge in [0.15, 0.2) is 0 Å². The van der Waals surface area contributed by atoms with Crippen molar-refractivity contribution in [1.82, 2.24) is 10.6 Å². The number of amides is 1. The Morgan fingerprint density at radius 3 is 2.30 bits per heavy atom. The maximum Gasteiger partial charge on any atom is 0.326 e. The average Bonchev–Trinajstić information content (AvgIpc) is 2.75. The molecule has 0 aromatic carbocycles. The minimum Gasteiger partial charge on any atom is -0.481 e. The van der Waals surface area contributed by atoms with Crippen molar-refractivity contribution in [1.29, 1.82) is 0 Å². The van der Waals surface area contributed by atoms with Crippen LogP contribution in [0.15, 0.2) is 0 Å². The first-order valence-electron chi connectivity index (χ1n) is 5.56. The Labute approximate surface area is 113 Å². The van der Waals surface area contributed by atoms with E-state index in [-0.39, 0.29) is 13.0 Å². The standard InChI is InChI=1S/C9H14N2O8S/c12-7(13)2-6(9(15)16)11-8(14)5-1-4(3-10-5)20(17,18)19/h4-6,10H,1-3H2,(H,11,14)(H,12,13)(H,15,16)(H,17,18,19)/t4-,5-,6-/m0/s1. The summed E-state index contributed by atoms with van der Waals surface area (Å²) in [6.07, 6.45) is -1.01. The number of aliphatic carboxylic acids is 2. The lowest BCUT2D eigenvalue weighted by atomic mass is 10.1. The minimum absolute atomic E-state index is 0.145. The summed E-state index contributed by atoms with van der Waals surface area (Å²) in [4.78, 5) is 32.9. The molecule has 1 amide bonds. The van der Waals surface area contributed by atoms with Crippen molar-refractivity contribution in [3.63, 3.8) is 0 Å². The lowest BCUT2D eigenvalue weighted by molar-refractivity contribution is -0.147. The van der Waals surface area contributed by atoms with Crippen molar-refractivity contribution in [3.05, 3.63) is 0 Å². The number of nitrogens with one attached hydrogen (secondary N) is 2. The summed E-state index contributed by atoms with van der Waals surface area (Å²) in [5, 5.41) is 20.6. The van der Waals surface area contributed by atoms with Crippen molar-refractivity contribution in [3.8, 4) is 0 Å². The third kappa shape index (κ3) is 4.43. The van der Waals surface area contributed by atoms with Gasteiger partial charge in [0.2, 0.25) is 5.91 Å². The molecule has 0 aliphatic carbocycles. The molecule has 1 saturated heterocycles. The highest BCUT2D eigenvalue weighted by atomic mass is 32.2. The number of carbonyl (C=O) groups excluding carboxylic acids is 1. The second-order valence-corrected chi connectivity index (χ2v) is 6.03. The van der Waals surface area contributed by atoms with Crippen molar-refractivity contribution < 1.29 is 37.6 Å². The summed E-state index contributed by atoms with van der Waals surface area (Å²) in [5.74, 6) is -3.73. The molecule has 0 unspecified atom stereocenters. The minimum atomic E-state index is -4.29. The van der Waals surface area contributed by atoms with E-state index in [9.17, 15) is 22.8 Å². The monoisotopic (exact) mass is 310 g/mol. The Kier molecular flexibility index (Phi) is 5.03. The van der Waals surface area contributed by atoms with Crippen LogP contribution in [0.5, 0.6) is 0 Å². The molecule has 114 valence electrons. The lowest BCUT2D eigenvalue weighted by Gasteiger charge is -2.16. The summed E-state index contributed by atoms with van der Waals surface area (Å²) >= 11 is 0. The molecule has 20 heavy (non-hydrogen) atoms. The second kappa shape index (κ2) is 6.15. The fraction of sp³-hybridized carbons (Fsp3) is 0.667. The quantitative estimate of drug-likeness (QED) is 0.337. The maximum absolute atomic E-state index is 11.7. The molecular formula is C9H14N2O8S. The van der Waals surface area contributed by atoms with Crippen LogP contribution in [0.3, 0.4) is 0 Å². The van der Waals surface area contributed by atoms with E-state index in [1.165, 1.54) is 0 Å². The molecule has 3 atom stereocenters. The molecule has 1 heterocycles. The van der Waals surface area contributed by atoms with Gasteiger partial charge in [0.25, 0.3) is 10.1 Å². The average molecular weight is 310 g/mol. The Morgan fingerprint density at radius 1 is 1.30 bits per heavy atom. The van der Waals surface area contributed by atoms with Crippen LogP contribution in [0.25, 0.3) is 0 Å². The van der Waals surface area contributed by atoms with Crippen LogP contribution in [0.1, 0.15) is 12.8 Å². The van der Waals surface area contributed by atoms with Gasteiger partial charge in [-0.25, -0.2) is 4.79 Å². The molecule has 1 rings (SSSR count). The molecule has 5 N–H and O–H groups in total. The summed E-state index contributed by atoms with van der Waals surface area (Å²) < 4.78 is 30.6. The molecule has 0 bridgehead atoms. The maximum atomic E-state index is 11.7. The molecule has 1 aliphatic heterocycles. The van der Waals surface area contributed by atoms with Crippen LogP contribution in [-0.2, 0) is 24.5 Å². The van der Waals surface area contributed by atoms with E-state index in [1.807, 2.05) is 5.32 Å². The SMILES string of the molecule is O=C(O)C[C@H](NC(=O)[C@@H]1C[C@H](S(=O)(=O)O)CN1)C(=O)O. The van der Waals surface area contributed by atoms with E-state index in [1.54, 1.807) is 0 Å². The van der Waals surface area contributed by atoms with Gasteiger partial charge in [-0.15, -0.1) is 0 Å². The van der Waals surface area contributed by atoms with Crippen LogP contribution in [0, 0.1) is 0 Å². The molecule has 0 saturated carbocycles. The molecule has 1 aliphatic rings. The van der Waals surface area contributed by atoms with Gasteiger partial charge >= 0.3 is 11.9 Å². The van der Waals surface area contributed by atoms with Crippen LogP contribution in [0.4, 0.5) is 0 Å².